The SMILES string of the molecule is c1ccc(-c2ccc(-n3c4ccccc4c4cc(-c5ccc6cc(-c7nc8ccccc8o7)ccc6c5)ccc43)cc2)cc1. The lowest BCUT2D eigenvalue weighted by Crippen LogP contribution is -1.93. The van der Waals surface area contributed by atoms with Crippen LogP contribution in [0.2, 0.25) is 0 Å². The molecule has 9 aromatic rings. The van der Waals surface area contributed by atoms with E-state index in [-0.39, 0.29) is 0 Å². The average molecular weight is 563 g/mol. The summed E-state index contributed by atoms with van der Waals surface area (Å²) in [7, 11) is 0. The number of rotatable bonds is 4. The number of para-hydroxylation sites is 3. The fourth-order valence-corrected chi connectivity index (χ4v) is 6.42. The Morgan fingerprint density at radius 3 is 1.89 bits per heavy atom. The van der Waals surface area contributed by atoms with Crippen molar-refractivity contribution in [1.82, 2.24) is 9.55 Å². The summed E-state index contributed by atoms with van der Waals surface area (Å²) in [6.07, 6.45) is 0. The first-order chi connectivity index (χ1) is 21.8. The Bertz CT molecular complexity index is 2450. The number of benzene rings is 7. The zero-order valence-electron chi connectivity index (χ0n) is 23.8. The van der Waals surface area contributed by atoms with Gasteiger partial charge in [0.25, 0.3) is 0 Å². The summed E-state index contributed by atoms with van der Waals surface area (Å²) in [6.45, 7) is 0. The molecule has 7 aromatic carbocycles. The van der Waals surface area contributed by atoms with E-state index < -0.39 is 0 Å². The monoisotopic (exact) mass is 562 g/mol. The molecule has 0 N–H and O–H groups in total. The second kappa shape index (κ2) is 9.82. The van der Waals surface area contributed by atoms with Crippen LogP contribution in [0.5, 0.6) is 0 Å². The van der Waals surface area contributed by atoms with Gasteiger partial charge in [0, 0.05) is 22.0 Å². The predicted octanol–water partition coefficient (Wildman–Crippen LogP) is 11.1. The highest BCUT2D eigenvalue weighted by molar-refractivity contribution is 6.10. The Balaban J connectivity index is 1.11. The molecule has 3 nitrogen and oxygen atoms in total. The van der Waals surface area contributed by atoms with Crippen LogP contribution in [0.25, 0.3) is 83.1 Å². The van der Waals surface area contributed by atoms with Gasteiger partial charge in [-0.3, -0.25) is 0 Å². The van der Waals surface area contributed by atoms with Crippen LogP contribution in [0.15, 0.2) is 162 Å². The number of fused-ring (bicyclic) bond motifs is 5. The van der Waals surface area contributed by atoms with E-state index in [2.05, 4.69) is 143 Å². The van der Waals surface area contributed by atoms with E-state index in [4.69, 9.17) is 4.42 Å². The van der Waals surface area contributed by atoms with Crippen molar-refractivity contribution < 1.29 is 4.42 Å². The van der Waals surface area contributed by atoms with Gasteiger partial charge >= 0.3 is 0 Å². The molecule has 0 aliphatic carbocycles. The molecule has 3 heteroatoms. The maximum Gasteiger partial charge on any atom is 0.227 e. The van der Waals surface area contributed by atoms with E-state index in [1.807, 2.05) is 24.3 Å². The Hall–Kier alpha value is -5.93. The quantitative estimate of drug-likeness (QED) is 0.214. The second-order valence-corrected chi connectivity index (χ2v) is 11.3. The minimum atomic E-state index is 0.647. The van der Waals surface area contributed by atoms with Crippen LogP contribution < -0.4 is 0 Å². The van der Waals surface area contributed by atoms with Gasteiger partial charge in [-0.05, 0) is 93.7 Å². The molecule has 0 atom stereocenters. The molecule has 0 radical (unpaired) electrons. The first-order valence-electron chi connectivity index (χ1n) is 14.9. The molecule has 0 unspecified atom stereocenters. The van der Waals surface area contributed by atoms with Crippen molar-refractivity contribution in [3.63, 3.8) is 0 Å². The van der Waals surface area contributed by atoms with Gasteiger partial charge in [-0.2, -0.15) is 0 Å². The van der Waals surface area contributed by atoms with E-state index >= 15 is 0 Å². The number of hydrogen-bond donors (Lipinski definition) is 0. The van der Waals surface area contributed by atoms with Crippen LogP contribution in [0, 0.1) is 0 Å². The third-order valence-electron chi connectivity index (χ3n) is 8.62. The molecule has 0 saturated carbocycles. The molecule has 2 heterocycles. The van der Waals surface area contributed by atoms with Crippen molar-refractivity contribution in [2.24, 2.45) is 0 Å². The highest BCUT2D eigenvalue weighted by Gasteiger charge is 2.14. The Morgan fingerprint density at radius 2 is 1.05 bits per heavy atom. The minimum absolute atomic E-state index is 0.647. The molecule has 9 rings (SSSR count). The maximum absolute atomic E-state index is 6.02. The normalized spacial score (nSPS) is 11.6. The number of hydrogen-bond acceptors (Lipinski definition) is 2. The van der Waals surface area contributed by atoms with Gasteiger partial charge in [0.2, 0.25) is 5.89 Å². The highest BCUT2D eigenvalue weighted by atomic mass is 16.3. The van der Waals surface area contributed by atoms with Gasteiger partial charge < -0.3 is 8.98 Å². The zero-order chi connectivity index (χ0) is 29.0. The Morgan fingerprint density at radius 1 is 0.432 bits per heavy atom. The second-order valence-electron chi connectivity index (χ2n) is 11.3. The van der Waals surface area contributed by atoms with Crippen molar-refractivity contribution in [3.05, 3.63) is 158 Å². The predicted molar refractivity (Wildman–Crippen MR) is 182 cm³/mol. The van der Waals surface area contributed by atoms with Crippen LogP contribution >= 0.6 is 0 Å². The van der Waals surface area contributed by atoms with Crippen LogP contribution in [0.1, 0.15) is 0 Å². The molecule has 0 aliphatic rings. The summed E-state index contributed by atoms with van der Waals surface area (Å²) in [5, 5.41) is 4.84. The van der Waals surface area contributed by atoms with Crippen LogP contribution in [-0.2, 0) is 0 Å². The Kier molecular flexibility index (Phi) is 5.50. The van der Waals surface area contributed by atoms with Gasteiger partial charge in [0.15, 0.2) is 5.58 Å². The number of oxazole rings is 1. The molecule has 0 amide bonds. The van der Waals surface area contributed by atoms with Crippen LogP contribution in [0.4, 0.5) is 0 Å². The molecule has 2 aromatic heterocycles. The van der Waals surface area contributed by atoms with Crippen molar-refractivity contribution >= 4 is 43.7 Å². The van der Waals surface area contributed by atoms with E-state index in [0.29, 0.717) is 5.89 Å². The number of nitrogens with zero attached hydrogens (tertiary/aromatic N) is 2. The van der Waals surface area contributed by atoms with Gasteiger partial charge in [-0.1, -0.05) is 97.1 Å². The lowest BCUT2D eigenvalue weighted by Gasteiger charge is -2.10. The van der Waals surface area contributed by atoms with Gasteiger partial charge in [0.1, 0.15) is 5.52 Å². The van der Waals surface area contributed by atoms with Gasteiger partial charge in [0.05, 0.1) is 11.0 Å². The largest absolute Gasteiger partial charge is 0.436 e. The topological polar surface area (TPSA) is 31.0 Å². The van der Waals surface area contributed by atoms with E-state index in [1.54, 1.807) is 0 Å². The third-order valence-corrected chi connectivity index (χ3v) is 8.62. The molecule has 0 bridgehead atoms. The fraction of sp³-hybridized carbons (Fsp3) is 0. The Labute approximate surface area is 254 Å². The molecule has 44 heavy (non-hydrogen) atoms. The molecule has 0 saturated heterocycles. The lowest BCUT2D eigenvalue weighted by molar-refractivity contribution is 0.620. The van der Waals surface area contributed by atoms with E-state index in [1.165, 1.54) is 49.4 Å². The minimum Gasteiger partial charge on any atom is -0.436 e. The summed E-state index contributed by atoms with van der Waals surface area (Å²) < 4.78 is 8.39. The molecule has 206 valence electrons. The average Bonchev–Trinajstić information content (AvgIpc) is 3.68. The molecule has 0 spiro atoms. The van der Waals surface area contributed by atoms with Gasteiger partial charge in [-0.15, -0.1) is 0 Å². The van der Waals surface area contributed by atoms with Crippen molar-refractivity contribution in [2.45, 2.75) is 0 Å². The van der Waals surface area contributed by atoms with E-state index in [9.17, 15) is 0 Å². The zero-order valence-corrected chi connectivity index (χ0v) is 23.8. The molecular weight excluding hydrogens is 536 g/mol. The van der Waals surface area contributed by atoms with Crippen molar-refractivity contribution in [1.29, 1.82) is 0 Å². The summed E-state index contributed by atoms with van der Waals surface area (Å²) in [4.78, 5) is 4.68. The summed E-state index contributed by atoms with van der Waals surface area (Å²) >= 11 is 0. The molecule has 0 fully saturated rings. The van der Waals surface area contributed by atoms with E-state index in [0.717, 1.165) is 27.7 Å². The molecular formula is C41H26N2O. The highest BCUT2D eigenvalue weighted by Crippen LogP contribution is 2.36. The smallest absolute Gasteiger partial charge is 0.227 e. The third kappa shape index (κ3) is 4.02. The maximum atomic E-state index is 6.02. The van der Waals surface area contributed by atoms with Crippen LogP contribution in [0.3, 0.4) is 0 Å². The fourth-order valence-electron chi connectivity index (χ4n) is 6.42. The first kappa shape index (κ1) is 24.6. The summed E-state index contributed by atoms with van der Waals surface area (Å²) in [5.41, 5.74) is 11.1. The van der Waals surface area contributed by atoms with Crippen LogP contribution in [-0.4, -0.2) is 9.55 Å². The summed E-state index contributed by atoms with van der Waals surface area (Å²) in [6, 6.07) is 55.9. The summed E-state index contributed by atoms with van der Waals surface area (Å²) in [5.74, 6) is 0.647. The van der Waals surface area contributed by atoms with Gasteiger partial charge in [-0.25, -0.2) is 4.98 Å². The number of aromatic nitrogens is 2. The standard InChI is InChI=1S/C41H26N2O/c1-2-8-27(9-3-1)28-18-21-34(22-19-28)43-38-12-6-4-10-35(38)36-26-32(20-23-39(36)43)30-14-15-31-25-33(17-16-29(31)24-30)41-42-37-11-5-7-13-40(37)44-41/h1-26H. The van der Waals surface area contributed by atoms with Crippen molar-refractivity contribution in [3.8, 4) is 39.4 Å². The van der Waals surface area contributed by atoms with Crippen molar-refractivity contribution in [2.75, 3.05) is 0 Å². The lowest BCUT2D eigenvalue weighted by atomic mass is 9.98. The molecule has 0 aliphatic heterocycles. The first-order valence-corrected chi connectivity index (χ1v) is 14.9.